The third-order valence-corrected chi connectivity index (χ3v) is 2.73. The molecule has 1 heterocycles. The zero-order valence-corrected chi connectivity index (χ0v) is 11.9. The van der Waals surface area contributed by atoms with Gasteiger partial charge < -0.3 is 4.74 Å². The fraction of sp³-hybridized carbons (Fsp3) is 0.214. The maximum absolute atomic E-state index is 11.8. The van der Waals surface area contributed by atoms with Crippen LogP contribution >= 0.6 is 12.2 Å². The quantitative estimate of drug-likeness (QED) is 0.501. The molecular weight excluding hydrogens is 276 g/mol. The molecule has 0 unspecified atom stereocenters. The summed E-state index contributed by atoms with van der Waals surface area (Å²) >= 11 is 4.74. The van der Waals surface area contributed by atoms with Crippen LogP contribution in [0.3, 0.4) is 0 Å². The number of thiocarbonyl (C=S) groups is 1. The van der Waals surface area contributed by atoms with Crippen LogP contribution in [0.1, 0.15) is 19.4 Å². The number of benzene rings is 1. The maximum Gasteiger partial charge on any atom is 0.263 e. The lowest BCUT2D eigenvalue weighted by Gasteiger charge is -2.17. The Morgan fingerprint density at radius 1 is 1.15 bits per heavy atom. The topological polar surface area (TPSA) is 67.4 Å². The van der Waals surface area contributed by atoms with Crippen molar-refractivity contribution in [3.8, 4) is 5.75 Å². The number of hydrogen-bond donors (Lipinski definition) is 2. The van der Waals surface area contributed by atoms with Gasteiger partial charge in [0.1, 0.15) is 11.3 Å². The van der Waals surface area contributed by atoms with E-state index in [0.717, 1.165) is 0 Å². The van der Waals surface area contributed by atoms with Crippen LogP contribution in [0.25, 0.3) is 6.08 Å². The molecular formula is C14H14N2O3S. The van der Waals surface area contributed by atoms with Gasteiger partial charge in [-0.15, -0.1) is 0 Å². The molecule has 0 aliphatic carbocycles. The molecule has 1 aromatic carbocycles. The second-order valence-corrected chi connectivity index (χ2v) is 4.91. The molecule has 2 rings (SSSR count). The highest BCUT2D eigenvalue weighted by Gasteiger charge is 2.26. The molecule has 0 spiro atoms. The van der Waals surface area contributed by atoms with Gasteiger partial charge in [0.15, 0.2) is 5.11 Å². The largest absolute Gasteiger partial charge is 0.490 e. The summed E-state index contributed by atoms with van der Waals surface area (Å²) in [5.74, 6) is -0.417. The number of nitrogens with one attached hydrogen (secondary N) is 2. The van der Waals surface area contributed by atoms with E-state index in [0.29, 0.717) is 11.3 Å². The molecule has 0 atom stereocenters. The normalized spacial score (nSPS) is 14.9. The summed E-state index contributed by atoms with van der Waals surface area (Å²) in [5, 5.41) is 4.80. The van der Waals surface area contributed by atoms with Gasteiger partial charge in [-0.25, -0.2) is 0 Å². The Kier molecular flexibility index (Phi) is 4.14. The average molecular weight is 290 g/mol. The van der Waals surface area contributed by atoms with Gasteiger partial charge in [-0.2, -0.15) is 0 Å². The minimum Gasteiger partial charge on any atom is -0.490 e. The summed E-state index contributed by atoms with van der Waals surface area (Å²) in [7, 11) is 0. The van der Waals surface area contributed by atoms with Gasteiger partial charge in [-0.3, -0.25) is 20.2 Å². The molecule has 1 aliphatic rings. The minimum absolute atomic E-state index is 0.00148. The van der Waals surface area contributed by atoms with Crippen molar-refractivity contribution in [1.82, 2.24) is 10.6 Å². The van der Waals surface area contributed by atoms with Crippen molar-refractivity contribution in [1.29, 1.82) is 0 Å². The van der Waals surface area contributed by atoms with E-state index in [1.807, 2.05) is 26.0 Å². The smallest absolute Gasteiger partial charge is 0.263 e. The first-order chi connectivity index (χ1) is 9.47. The molecule has 1 aromatic rings. The number of amides is 2. The second-order valence-electron chi connectivity index (χ2n) is 4.50. The van der Waals surface area contributed by atoms with Crippen LogP contribution < -0.4 is 15.4 Å². The molecule has 0 aromatic heterocycles. The van der Waals surface area contributed by atoms with Crippen LogP contribution in [0.5, 0.6) is 5.75 Å². The third-order valence-electron chi connectivity index (χ3n) is 2.52. The molecule has 1 aliphatic heterocycles. The Balaban J connectivity index is 2.37. The average Bonchev–Trinajstić information content (AvgIpc) is 2.34. The first kappa shape index (κ1) is 14.2. The lowest BCUT2D eigenvalue weighted by atomic mass is 10.1. The van der Waals surface area contributed by atoms with Crippen LogP contribution in [0, 0.1) is 0 Å². The Labute approximate surface area is 122 Å². The molecule has 0 bridgehead atoms. The Bertz CT molecular complexity index is 586. The van der Waals surface area contributed by atoms with Crippen molar-refractivity contribution >= 4 is 35.2 Å². The molecule has 1 saturated heterocycles. The fourth-order valence-electron chi connectivity index (χ4n) is 1.72. The Morgan fingerprint density at radius 3 is 2.35 bits per heavy atom. The predicted octanol–water partition coefficient (Wildman–Crippen LogP) is 1.39. The van der Waals surface area contributed by atoms with Crippen LogP contribution in [0.15, 0.2) is 29.8 Å². The van der Waals surface area contributed by atoms with Gasteiger partial charge in [-0.05, 0) is 38.2 Å². The number of carbonyl (C=O) groups is 2. The number of hydrogen-bond acceptors (Lipinski definition) is 4. The van der Waals surface area contributed by atoms with E-state index >= 15 is 0 Å². The van der Waals surface area contributed by atoms with Crippen LogP contribution in [0.4, 0.5) is 0 Å². The molecule has 6 heteroatoms. The summed E-state index contributed by atoms with van der Waals surface area (Å²) in [4.78, 5) is 23.6. The van der Waals surface area contributed by atoms with Crippen molar-refractivity contribution < 1.29 is 14.3 Å². The summed E-state index contributed by atoms with van der Waals surface area (Å²) in [5.41, 5.74) is 0.660. The number of carbonyl (C=O) groups excluding carboxylic acids is 2. The molecule has 104 valence electrons. The van der Waals surface area contributed by atoms with E-state index in [1.165, 1.54) is 6.08 Å². The second kappa shape index (κ2) is 5.83. The monoisotopic (exact) mass is 290 g/mol. The highest BCUT2D eigenvalue weighted by Crippen LogP contribution is 2.22. The van der Waals surface area contributed by atoms with Gasteiger partial charge in [0, 0.05) is 5.56 Å². The highest BCUT2D eigenvalue weighted by atomic mass is 32.1. The van der Waals surface area contributed by atoms with Crippen LogP contribution in [-0.2, 0) is 9.59 Å². The fourth-order valence-corrected chi connectivity index (χ4v) is 1.91. The van der Waals surface area contributed by atoms with Gasteiger partial charge >= 0.3 is 0 Å². The van der Waals surface area contributed by atoms with Gasteiger partial charge in [0.25, 0.3) is 11.8 Å². The SMILES string of the molecule is CC(C)Oc1ccccc1C=C1C(=O)NC(=S)NC1=O. The highest BCUT2D eigenvalue weighted by molar-refractivity contribution is 7.80. The maximum atomic E-state index is 11.8. The van der Waals surface area contributed by atoms with Crippen LogP contribution in [0.2, 0.25) is 0 Å². The zero-order valence-electron chi connectivity index (χ0n) is 11.1. The molecule has 0 saturated carbocycles. The number of rotatable bonds is 3. The first-order valence-corrected chi connectivity index (χ1v) is 6.52. The molecule has 1 fully saturated rings. The van der Waals surface area contributed by atoms with Gasteiger partial charge in [-0.1, -0.05) is 18.2 Å². The van der Waals surface area contributed by atoms with E-state index < -0.39 is 11.8 Å². The van der Waals surface area contributed by atoms with Crippen LogP contribution in [-0.4, -0.2) is 23.0 Å². The van der Waals surface area contributed by atoms with E-state index in [1.54, 1.807) is 12.1 Å². The van der Waals surface area contributed by atoms with Crippen molar-refractivity contribution in [3.63, 3.8) is 0 Å². The van der Waals surface area contributed by atoms with Crippen molar-refractivity contribution in [2.75, 3.05) is 0 Å². The number of para-hydroxylation sites is 1. The zero-order chi connectivity index (χ0) is 14.7. The lowest BCUT2D eigenvalue weighted by molar-refractivity contribution is -0.123. The van der Waals surface area contributed by atoms with E-state index in [9.17, 15) is 9.59 Å². The van der Waals surface area contributed by atoms with E-state index in [-0.39, 0.29) is 16.8 Å². The predicted molar refractivity (Wildman–Crippen MR) is 79.1 cm³/mol. The van der Waals surface area contributed by atoms with E-state index in [4.69, 9.17) is 17.0 Å². The van der Waals surface area contributed by atoms with Crippen molar-refractivity contribution in [2.24, 2.45) is 0 Å². The van der Waals surface area contributed by atoms with E-state index in [2.05, 4.69) is 10.6 Å². The lowest BCUT2D eigenvalue weighted by Crippen LogP contribution is -2.51. The minimum atomic E-state index is -0.516. The van der Waals surface area contributed by atoms with Crippen molar-refractivity contribution in [3.05, 3.63) is 35.4 Å². The van der Waals surface area contributed by atoms with Crippen molar-refractivity contribution in [2.45, 2.75) is 20.0 Å². The molecule has 0 radical (unpaired) electrons. The first-order valence-electron chi connectivity index (χ1n) is 6.11. The molecule has 2 amide bonds. The summed E-state index contributed by atoms with van der Waals surface area (Å²) in [6, 6.07) is 7.20. The Hall–Kier alpha value is -2.21. The Morgan fingerprint density at radius 2 is 1.75 bits per heavy atom. The summed E-state index contributed by atoms with van der Waals surface area (Å²) in [6.07, 6.45) is 1.49. The summed E-state index contributed by atoms with van der Waals surface area (Å²) in [6.45, 7) is 3.81. The molecule has 20 heavy (non-hydrogen) atoms. The molecule has 2 N–H and O–H groups in total. The standard InChI is InChI=1S/C14H14N2O3S/c1-8(2)19-11-6-4-3-5-9(11)7-10-12(17)15-14(20)16-13(10)18/h3-8H,1-2H3,(H2,15,16,17,18,20). The van der Waals surface area contributed by atoms with Gasteiger partial charge in [0.2, 0.25) is 0 Å². The summed E-state index contributed by atoms with van der Waals surface area (Å²) < 4.78 is 5.64. The van der Waals surface area contributed by atoms with Gasteiger partial charge in [0.05, 0.1) is 6.10 Å². The number of ether oxygens (including phenoxy) is 1. The molecule has 5 nitrogen and oxygen atoms in total. The third kappa shape index (κ3) is 3.21.